The number of likely N-dealkylation sites (tertiary alicyclic amines) is 1. The molecule has 0 radical (unpaired) electrons. The second-order valence-electron chi connectivity index (χ2n) is 11.3. The van der Waals surface area contributed by atoms with Crippen molar-refractivity contribution in [3.8, 4) is 0 Å². The number of unbranched alkanes of at least 4 members (excludes halogenated alkanes) is 1. The number of imide groups is 1. The number of anilines is 2. The van der Waals surface area contributed by atoms with Gasteiger partial charge in [0.05, 0.1) is 18.5 Å². The molecule has 3 aliphatic heterocycles. The highest BCUT2D eigenvalue weighted by atomic mass is 16.6. The Morgan fingerprint density at radius 1 is 1.02 bits per heavy atom. The molecule has 216 valence electrons. The number of hydrogen-bond acceptors (Lipinski definition) is 7. The van der Waals surface area contributed by atoms with Gasteiger partial charge in [0.1, 0.15) is 0 Å². The van der Waals surface area contributed by atoms with Gasteiger partial charge < -0.3 is 19.4 Å². The van der Waals surface area contributed by atoms with Crippen molar-refractivity contribution in [1.29, 1.82) is 0 Å². The highest BCUT2D eigenvalue weighted by Gasteiger charge is 2.29. The molecule has 40 heavy (non-hydrogen) atoms. The standard InChI is InChI=1S/C30H42N6O4/c1-3-4-18-40-30(39)35-13-8-22(9-14-35)21-33(2)23-10-15-34(16-11-23)26-7-5-6-24-25(26)19-31-20-27(24)36-17-12-28(37)32-29(36)38/h5-7,19-20,22-23H,3-4,8-18,21H2,1-2H3,(H,32,37,38). The van der Waals surface area contributed by atoms with E-state index in [1.165, 1.54) is 0 Å². The molecule has 1 aromatic heterocycles. The van der Waals surface area contributed by atoms with Gasteiger partial charge in [-0.2, -0.15) is 0 Å². The second-order valence-corrected chi connectivity index (χ2v) is 11.3. The Balaban J connectivity index is 1.15. The van der Waals surface area contributed by atoms with Gasteiger partial charge in [0.2, 0.25) is 5.91 Å². The van der Waals surface area contributed by atoms with Crippen LogP contribution in [0.1, 0.15) is 51.9 Å². The average Bonchev–Trinajstić information content (AvgIpc) is 2.97. The van der Waals surface area contributed by atoms with Gasteiger partial charge in [-0.25, -0.2) is 9.59 Å². The molecule has 10 nitrogen and oxygen atoms in total. The van der Waals surface area contributed by atoms with Crippen LogP contribution < -0.4 is 15.1 Å². The van der Waals surface area contributed by atoms with E-state index in [1.54, 1.807) is 11.1 Å². The quantitative estimate of drug-likeness (QED) is 0.491. The lowest BCUT2D eigenvalue weighted by atomic mass is 9.94. The number of benzene rings is 1. The van der Waals surface area contributed by atoms with Gasteiger partial charge in [0.25, 0.3) is 0 Å². The predicted molar refractivity (Wildman–Crippen MR) is 156 cm³/mol. The SMILES string of the molecule is CCCCOC(=O)N1CCC(CN(C)C2CCN(c3cccc4c(N5CCC(=O)NC5=O)cncc34)CC2)CC1. The third-order valence-electron chi connectivity index (χ3n) is 8.68. The normalized spacial score (nSPS) is 19.4. The van der Waals surface area contributed by atoms with Crippen LogP contribution in [0.2, 0.25) is 0 Å². The van der Waals surface area contributed by atoms with Crippen molar-refractivity contribution in [2.45, 2.75) is 57.9 Å². The Hall–Kier alpha value is -3.40. The first-order chi connectivity index (χ1) is 19.4. The van der Waals surface area contributed by atoms with Crippen molar-refractivity contribution in [3.63, 3.8) is 0 Å². The van der Waals surface area contributed by atoms with E-state index in [-0.39, 0.29) is 18.4 Å². The van der Waals surface area contributed by atoms with E-state index in [0.717, 1.165) is 93.4 Å². The number of nitrogens with zero attached hydrogens (tertiary/aromatic N) is 5. The van der Waals surface area contributed by atoms with Crippen LogP contribution in [0.25, 0.3) is 10.8 Å². The summed E-state index contributed by atoms with van der Waals surface area (Å²) in [5, 5.41) is 4.41. The smallest absolute Gasteiger partial charge is 0.409 e. The van der Waals surface area contributed by atoms with Crippen LogP contribution in [-0.4, -0.2) is 91.8 Å². The van der Waals surface area contributed by atoms with Crippen LogP contribution in [0.5, 0.6) is 0 Å². The molecule has 3 aliphatic rings. The molecule has 1 aromatic carbocycles. The highest BCUT2D eigenvalue weighted by molar-refractivity contribution is 6.11. The van der Waals surface area contributed by atoms with Gasteiger partial charge in [0.15, 0.2) is 0 Å². The molecule has 5 rings (SSSR count). The zero-order chi connectivity index (χ0) is 28.1. The maximum atomic E-state index is 12.5. The molecule has 0 saturated carbocycles. The van der Waals surface area contributed by atoms with Crippen molar-refractivity contribution in [2.75, 3.05) is 62.7 Å². The molecule has 2 aromatic rings. The summed E-state index contributed by atoms with van der Waals surface area (Å²) in [5.74, 6) is 0.364. The number of fused-ring (bicyclic) bond motifs is 1. The topological polar surface area (TPSA) is 98.3 Å². The monoisotopic (exact) mass is 550 g/mol. The van der Waals surface area contributed by atoms with Gasteiger partial charge in [-0.15, -0.1) is 0 Å². The molecule has 0 atom stereocenters. The summed E-state index contributed by atoms with van der Waals surface area (Å²) in [6.45, 7) is 7.52. The number of ether oxygens (including phenoxy) is 1. The Labute approximate surface area is 236 Å². The highest BCUT2D eigenvalue weighted by Crippen LogP contribution is 2.35. The number of pyridine rings is 1. The van der Waals surface area contributed by atoms with E-state index >= 15 is 0 Å². The first-order valence-corrected chi connectivity index (χ1v) is 14.8. The largest absolute Gasteiger partial charge is 0.449 e. The van der Waals surface area contributed by atoms with Crippen LogP contribution in [-0.2, 0) is 9.53 Å². The van der Waals surface area contributed by atoms with Crippen LogP contribution in [0.3, 0.4) is 0 Å². The fourth-order valence-corrected chi connectivity index (χ4v) is 6.25. The minimum Gasteiger partial charge on any atom is -0.449 e. The number of nitrogens with one attached hydrogen (secondary N) is 1. The summed E-state index contributed by atoms with van der Waals surface area (Å²) in [6, 6.07) is 6.34. The molecule has 0 spiro atoms. The number of piperidine rings is 2. The Kier molecular flexibility index (Phi) is 9.04. The summed E-state index contributed by atoms with van der Waals surface area (Å²) in [5.41, 5.74) is 1.87. The summed E-state index contributed by atoms with van der Waals surface area (Å²) < 4.78 is 5.39. The number of carbonyl (C=O) groups is 3. The molecule has 0 aliphatic carbocycles. The molecule has 0 unspecified atom stereocenters. The average molecular weight is 551 g/mol. The zero-order valence-electron chi connectivity index (χ0n) is 23.8. The van der Waals surface area contributed by atoms with E-state index in [9.17, 15) is 14.4 Å². The van der Waals surface area contributed by atoms with Gasteiger partial charge in [-0.1, -0.05) is 25.5 Å². The van der Waals surface area contributed by atoms with E-state index in [1.807, 2.05) is 23.2 Å². The van der Waals surface area contributed by atoms with Crippen molar-refractivity contribution in [2.24, 2.45) is 5.92 Å². The third kappa shape index (κ3) is 6.32. The van der Waals surface area contributed by atoms with Crippen molar-refractivity contribution < 1.29 is 19.1 Å². The maximum absolute atomic E-state index is 12.5. The Morgan fingerprint density at radius 3 is 2.52 bits per heavy atom. The van der Waals surface area contributed by atoms with Gasteiger partial charge in [-0.05, 0) is 51.1 Å². The van der Waals surface area contributed by atoms with Crippen LogP contribution in [0.4, 0.5) is 21.0 Å². The van der Waals surface area contributed by atoms with Crippen LogP contribution in [0.15, 0.2) is 30.6 Å². The molecule has 3 fully saturated rings. The Bertz CT molecular complexity index is 1210. The molecular formula is C30H42N6O4. The number of hydrogen-bond donors (Lipinski definition) is 1. The lowest BCUT2D eigenvalue weighted by molar-refractivity contribution is -0.120. The fourth-order valence-electron chi connectivity index (χ4n) is 6.25. The molecule has 10 heteroatoms. The first kappa shape index (κ1) is 28.1. The van der Waals surface area contributed by atoms with E-state index in [4.69, 9.17) is 4.74 Å². The van der Waals surface area contributed by atoms with E-state index < -0.39 is 6.03 Å². The van der Waals surface area contributed by atoms with Crippen molar-refractivity contribution in [3.05, 3.63) is 30.6 Å². The molecule has 0 bridgehead atoms. The van der Waals surface area contributed by atoms with Gasteiger partial charge >= 0.3 is 12.1 Å². The van der Waals surface area contributed by atoms with Crippen LogP contribution in [0, 0.1) is 5.92 Å². The fraction of sp³-hybridized carbons (Fsp3) is 0.600. The van der Waals surface area contributed by atoms with Gasteiger partial charge in [-0.3, -0.25) is 20.0 Å². The zero-order valence-corrected chi connectivity index (χ0v) is 23.8. The van der Waals surface area contributed by atoms with Crippen LogP contribution >= 0.6 is 0 Å². The van der Waals surface area contributed by atoms with Crippen molar-refractivity contribution >= 4 is 40.2 Å². The lowest BCUT2D eigenvalue weighted by Gasteiger charge is -2.40. The molecule has 3 saturated heterocycles. The molecule has 4 amide bonds. The number of rotatable bonds is 8. The third-order valence-corrected chi connectivity index (χ3v) is 8.68. The maximum Gasteiger partial charge on any atom is 0.409 e. The summed E-state index contributed by atoms with van der Waals surface area (Å²) in [4.78, 5) is 49.3. The molecule has 4 heterocycles. The summed E-state index contributed by atoms with van der Waals surface area (Å²) in [7, 11) is 2.24. The Morgan fingerprint density at radius 2 is 1.80 bits per heavy atom. The summed E-state index contributed by atoms with van der Waals surface area (Å²) >= 11 is 0. The number of amides is 4. The van der Waals surface area contributed by atoms with Crippen molar-refractivity contribution in [1.82, 2.24) is 20.1 Å². The predicted octanol–water partition coefficient (Wildman–Crippen LogP) is 4.23. The molecule has 1 N–H and O–H groups in total. The second kappa shape index (κ2) is 12.8. The minimum absolute atomic E-state index is 0.155. The van der Waals surface area contributed by atoms with E-state index in [2.05, 4.69) is 40.1 Å². The first-order valence-electron chi connectivity index (χ1n) is 14.8. The van der Waals surface area contributed by atoms with Gasteiger partial charge in [0, 0.05) is 74.4 Å². The number of urea groups is 1. The van der Waals surface area contributed by atoms with E-state index in [0.29, 0.717) is 25.1 Å². The summed E-state index contributed by atoms with van der Waals surface area (Å²) in [6.07, 6.45) is 9.90. The minimum atomic E-state index is -0.391. The molecular weight excluding hydrogens is 508 g/mol. The lowest BCUT2D eigenvalue weighted by Crippen LogP contribution is -2.49. The number of carbonyl (C=O) groups excluding carboxylic acids is 3. The number of aromatic nitrogens is 1.